The van der Waals surface area contributed by atoms with E-state index in [1.807, 2.05) is 0 Å². The van der Waals surface area contributed by atoms with Crippen molar-refractivity contribution < 1.29 is 9.50 Å². The van der Waals surface area contributed by atoms with E-state index < -0.39 is 5.82 Å². The summed E-state index contributed by atoms with van der Waals surface area (Å²) in [5.74, 6) is -0.733. The normalized spacial score (nSPS) is 8.93. The quantitative estimate of drug-likeness (QED) is 0.506. The molecule has 0 saturated carbocycles. The minimum atomic E-state index is -0.523. The molecule has 14 heavy (non-hydrogen) atoms. The molecule has 1 aromatic carbocycles. The highest BCUT2D eigenvalue weighted by molar-refractivity contribution is 5.85. The number of guanidine groups is 1. The van der Waals surface area contributed by atoms with E-state index in [1.54, 1.807) is 0 Å². The number of nitrogens with two attached hydrogens (primary N) is 2. The highest BCUT2D eigenvalue weighted by Gasteiger charge is 2.01. The summed E-state index contributed by atoms with van der Waals surface area (Å²) in [5, 5.41) is 8.89. The minimum Gasteiger partial charge on any atom is -0.508 e. The highest BCUT2D eigenvalue weighted by Crippen LogP contribution is 2.15. The Morgan fingerprint density at radius 2 is 2.07 bits per heavy atom. The Morgan fingerprint density at radius 3 is 2.57 bits per heavy atom. The second-order valence-electron chi connectivity index (χ2n) is 2.52. The van der Waals surface area contributed by atoms with Crippen molar-refractivity contribution in [2.24, 2.45) is 16.5 Å². The summed E-state index contributed by atoms with van der Waals surface area (Å²) in [6, 6.07) is 3.81. The van der Waals surface area contributed by atoms with E-state index in [2.05, 4.69) is 4.99 Å². The van der Waals surface area contributed by atoms with Crippen molar-refractivity contribution in [1.82, 2.24) is 0 Å². The summed E-state index contributed by atoms with van der Waals surface area (Å²) in [7, 11) is 0. The van der Waals surface area contributed by atoms with Gasteiger partial charge in [0.05, 0.1) is 6.54 Å². The molecule has 0 spiro atoms. The number of hydrogen-bond acceptors (Lipinski definition) is 2. The zero-order valence-electron chi connectivity index (χ0n) is 7.27. The molecule has 0 bridgehead atoms. The smallest absolute Gasteiger partial charge is 0.186 e. The number of hydrogen-bond donors (Lipinski definition) is 3. The molecule has 0 radical (unpaired) electrons. The molecule has 0 saturated heterocycles. The van der Waals surface area contributed by atoms with Crippen LogP contribution < -0.4 is 11.5 Å². The van der Waals surface area contributed by atoms with Gasteiger partial charge in [-0.25, -0.2) is 9.38 Å². The molecule has 5 N–H and O–H groups in total. The zero-order chi connectivity index (χ0) is 9.84. The van der Waals surface area contributed by atoms with Crippen LogP contribution in [0.1, 0.15) is 5.56 Å². The second kappa shape index (κ2) is 5.29. The standard InChI is InChI=1S/C8H10FN3O.ClH/c9-7-3-6(13)2-1-5(7)4-12-8(10)11;/h1-3,13H,4H2,(H4,10,11,12);1H. The highest BCUT2D eigenvalue weighted by atomic mass is 35.5. The maximum Gasteiger partial charge on any atom is 0.186 e. The fraction of sp³-hybridized carbons (Fsp3) is 0.125. The Kier molecular flexibility index (Phi) is 4.72. The number of halogens is 2. The lowest BCUT2D eigenvalue weighted by molar-refractivity contribution is 0.468. The molecule has 0 aliphatic carbocycles. The predicted molar refractivity (Wildman–Crippen MR) is 54.8 cm³/mol. The first-order valence-electron chi connectivity index (χ1n) is 3.62. The molecular formula is C8H11ClFN3O. The fourth-order valence-electron chi connectivity index (χ4n) is 0.841. The molecular weight excluding hydrogens is 209 g/mol. The first kappa shape index (κ1) is 12.5. The van der Waals surface area contributed by atoms with Gasteiger partial charge in [0, 0.05) is 11.6 Å². The fourth-order valence-corrected chi connectivity index (χ4v) is 0.841. The predicted octanol–water partition coefficient (Wildman–Crippen LogP) is 0.726. The van der Waals surface area contributed by atoms with Crippen molar-refractivity contribution in [3.63, 3.8) is 0 Å². The molecule has 0 amide bonds. The van der Waals surface area contributed by atoms with Crippen LogP contribution in [-0.4, -0.2) is 11.1 Å². The molecule has 1 rings (SSSR count). The van der Waals surface area contributed by atoms with Gasteiger partial charge in [0.1, 0.15) is 11.6 Å². The number of aromatic hydroxyl groups is 1. The van der Waals surface area contributed by atoms with Crippen molar-refractivity contribution in [3.8, 4) is 5.75 Å². The molecule has 6 heteroatoms. The van der Waals surface area contributed by atoms with Crippen LogP contribution in [0.4, 0.5) is 4.39 Å². The third-order valence-corrected chi connectivity index (χ3v) is 1.47. The number of rotatable bonds is 2. The average Bonchev–Trinajstić information content (AvgIpc) is 2.02. The first-order chi connectivity index (χ1) is 6.09. The summed E-state index contributed by atoms with van der Waals surface area (Å²) < 4.78 is 13.0. The van der Waals surface area contributed by atoms with E-state index in [0.717, 1.165) is 6.07 Å². The summed E-state index contributed by atoms with van der Waals surface area (Å²) in [6.45, 7) is 0.0778. The molecule has 78 valence electrons. The molecule has 0 aliphatic heterocycles. The number of aliphatic imine (C=N–C) groups is 1. The van der Waals surface area contributed by atoms with Crippen molar-refractivity contribution in [2.75, 3.05) is 0 Å². The van der Waals surface area contributed by atoms with Gasteiger partial charge >= 0.3 is 0 Å². The van der Waals surface area contributed by atoms with Gasteiger partial charge in [-0.3, -0.25) is 0 Å². The Hall–Kier alpha value is -1.49. The van der Waals surface area contributed by atoms with Crippen LogP contribution in [0.15, 0.2) is 23.2 Å². The van der Waals surface area contributed by atoms with Crippen LogP contribution in [0, 0.1) is 5.82 Å². The van der Waals surface area contributed by atoms with Gasteiger partial charge in [0.2, 0.25) is 0 Å². The van der Waals surface area contributed by atoms with Crippen LogP contribution in [0.2, 0.25) is 0 Å². The van der Waals surface area contributed by atoms with Gasteiger partial charge in [0.15, 0.2) is 5.96 Å². The maximum absolute atomic E-state index is 13.0. The molecule has 0 heterocycles. The maximum atomic E-state index is 13.0. The van der Waals surface area contributed by atoms with Gasteiger partial charge in [-0.05, 0) is 6.07 Å². The lowest BCUT2D eigenvalue weighted by Crippen LogP contribution is -2.22. The van der Waals surface area contributed by atoms with Crippen molar-refractivity contribution in [2.45, 2.75) is 6.54 Å². The number of benzene rings is 1. The van der Waals surface area contributed by atoms with Crippen molar-refractivity contribution in [1.29, 1.82) is 0 Å². The van der Waals surface area contributed by atoms with Crippen LogP contribution in [0.25, 0.3) is 0 Å². The lowest BCUT2D eigenvalue weighted by atomic mass is 10.2. The van der Waals surface area contributed by atoms with Crippen molar-refractivity contribution >= 4 is 18.4 Å². The van der Waals surface area contributed by atoms with Crippen LogP contribution in [-0.2, 0) is 6.54 Å². The number of phenols is 1. The zero-order valence-corrected chi connectivity index (χ0v) is 8.09. The Morgan fingerprint density at radius 1 is 1.43 bits per heavy atom. The average molecular weight is 220 g/mol. The van der Waals surface area contributed by atoms with Gasteiger partial charge in [-0.15, -0.1) is 12.4 Å². The molecule has 1 aromatic rings. The van der Waals surface area contributed by atoms with E-state index in [9.17, 15) is 4.39 Å². The van der Waals surface area contributed by atoms with E-state index in [1.165, 1.54) is 12.1 Å². The Bertz CT molecular complexity index is 339. The van der Waals surface area contributed by atoms with Gasteiger partial charge in [0.25, 0.3) is 0 Å². The molecule has 0 aliphatic rings. The van der Waals surface area contributed by atoms with E-state index in [0.29, 0.717) is 5.56 Å². The Balaban J connectivity index is 0.00000169. The molecule has 0 fully saturated rings. The summed E-state index contributed by atoms with van der Waals surface area (Å²) in [5.41, 5.74) is 10.5. The number of phenolic OH excluding ortho intramolecular Hbond substituents is 1. The van der Waals surface area contributed by atoms with E-state index >= 15 is 0 Å². The van der Waals surface area contributed by atoms with E-state index in [4.69, 9.17) is 16.6 Å². The summed E-state index contributed by atoms with van der Waals surface area (Å²) in [6.07, 6.45) is 0. The summed E-state index contributed by atoms with van der Waals surface area (Å²) in [4.78, 5) is 3.64. The van der Waals surface area contributed by atoms with Gasteiger partial charge < -0.3 is 16.6 Å². The van der Waals surface area contributed by atoms with E-state index in [-0.39, 0.29) is 30.7 Å². The summed E-state index contributed by atoms with van der Waals surface area (Å²) >= 11 is 0. The van der Waals surface area contributed by atoms with Crippen molar-refractivity contribution in [3.05, 3.63) is 29.6 Å². The van der Waals surface area contributed by atoms with Crippen LogP contribution in [0.3, 0.4) is 0 Å². The minimum absolute atomic E-state index is 0. The molecule has 0 atom stereocenters. The van der Waals surface area contributed by atoms with Crippen LogP contribution >= 0.6 is 12.4 Å². The SMILES string of the molecule is Cl.NC(N)=NCc1ccc(O)cc1F. The third-order valence-electron chi connectivity index (χ3n) is 1.47. The van der Waals surface area contributed by atoms with Crippen LogP contribution in [0.5, 0.6) is 5.75 Å². The molecule has 0 aromatic heterocycles. The lowest BCUT2D eigenvalue weighted by Gasteiger charge is -1.99. The molecule has 0 unspecified atom stereocenters. The topological polar surface area (TPSA) is 84.6 Å². The Labute approximate surface area is 86.8 Å². The van der Waals surface area contributed by atoms with Gasteiger partial charge in [-0.1, -0.05) is 6.07 Å². The second-order valence-corrected chi connectivity index (χ2v) is 2.52. The third kappa shape index (κ3) is 3.49. The molecule has 4 nitrogen and oxygen atoms in total. The first-order valence-corrected chi connectivity index (χ1v) is 3.62. The van der Waals surface area contributed by atoms with Gasteiger partial charge in [-0.2, -0.15) is 0 Å². The largest absolute Gasteiger partial charge is 0.508 e. The monoisotopic (exact) mass is 219 g/mol. The number of nitrogens with zero attached hydrogens (tertiary/aromatic N) is 1.